The SMILES string of the molecule is CC(O)c1cc(Br)ccc1-n1cc2c(=O)[nH]c(N3CCOCC3)nc2n1. The first-order valence-corrected chi connectivity index (χ1v) is 9.12. The van der Waals surface area contributed by atoms with Gasteiger partial charge in [-0.05, 0) is 25.1 Å². The number of halogens is 1. The number of aliphatic hydroxyl groups is 1. The number of hydrogen-bond donors (Lipinski definition) is 2. The van der Waals surface area contributed by atoms with E-state index in [0.29, 0.717) is 54.5 Å². The first-order chi connectivity index (χ1) is 12.5. The number of aliphatic hydroxyl groups excluding tert-OH is 1. The minimum atomic E-state index is -0.676. The van der Waals surface area contributed by atoms with Crippen LogP contribution in [0.25, 0.3) is 16.7 Å². The molecule has 8 nitrogen and oxygen atoms in total. The maximum atomic E-state index is 12.5. The summed E-state index contributed by atoms with van der Waals surface area (Å²) in [5, 5.41) is 14.9. The molecule has 3 heterocycles. The maximum absolute atomic E-state index is 12.5. The number of ether oxygens (including phenoxy) is 1. The van der Waals surface area contributed by atoms with Crippen molar-refractivity contribution in [3.63, 3.8) is 0 Å². The number of morpholine rings is 1. The Morgan fingerprint density at radius 2 is 2.12 bits per heavy atom. The second-order valence-electron chi connectivity index (χ2n) is 6.18. The molecule has 1 fully saturated rings. The number of hydrogen-bond acceptors (Lipinski definition) is 6. The van der Waals surface area contributed by atoms with Gasteiger partial charge < -0.3 is 14.7 Å². The van der Waals surface area contributed by atoms with E-state index in [1.165, 1.54) is 0 Å². The average Bonchev–Trinajstić information content (AvgIpc) is 3.07. The van der Waals surface area contributed by atoms with Gasteiger partial charge in [0, 0.05) is 29.3 Å². The van der Waals surface area contributed by atoms with E-state index >= 15 is 0 Å². The second-order valence-corrected chi connectivity index (χ2v) is 7.09. The number of nitrogens with one attached hydrogen (secondary N) is 1. The van der Waals surface area contributed by atoms with Crippen LogP contribution in [0.2, 0.25) is 0 Å². The molecule has 0 amide bonds. The highest BCUT2D eigenvalue weighted by molar-refractivity contribution is 9.10. The standard InChI is InChI=1S/C17H18BrN5O3/c1-10(24)12-8-11(18)2-3-14(12)23-9-13-15(21-23)19-17(20-16(13)25)22-4-6-26-7-5-22/h2-3,8-10,24H,4-7H2,1H3,(H,19,20,21,25). The minimum absolute atomic E-state index is 0.238. The molecule has 26 heavy (non-hydrogen) atoms. The van der Waals surface area contributed by atoms with Gasteiger partial charge in [-0.25, -0.2) is 4.68 Å². The summed E-state index contributed by atoms with van der Waals surface area (Å²) >= 11 is 3.41. The third kappa shape index (κ3) is 3.13. The fraction of sp³-hybridized carbons (Fsp3) is 0.353. The van der Waals surface area contributed by atoms with E-state index in [4.69, 9.17) is 4.74 Å². The number of nitrogens with zero attached hydrogens (tertiary/aromatic N) is 4. The summed E-state index contributed by atoms with van der Waals surface area (Å²) in [7, 11) is 0. The molecule has 9 heteroatoms. The number of rotatable bonds is 3. The highest BCUT2D eigenvalue weighted by Crippen LogP contribution is 2.26. The average molecular weight is 420 g/mol. The van der Waals surface area contributed by atoms with Gasteiger partial charge in [0.1, 0.15) is 5.39 Å². The highest BCUT2D eigenvalue weighted by Gasteiger charge is 2.18. The van der Waals surface area contributed by atoms with Crippen molar-refractivity contribution in [1.29, 1.82) is 0 Å². The Balaban J connectivity index is 1.81. The quantitative estimate of drug-likeness (QED) is 0.671. The predicted octanol–water partition coefficient (Wildman–Crippen LogP) is 1.76. The summed E-state index contributed by atoms with van der Waals surface area (Å²) < 4.78 is 7.79. The lowest BCUT2D eigenvalue weighted by molar-refractivity contribution is 0.122. The van der Waals surface area contributed by atoms with Crippen LogP contribution in [0.5, 0.6) is 0 Å². The van der Waals surface area contributed by atoms with Crippen molar-refractivity contribution < 1.29 is 9.84 Å². The normalized spacial score (nSPS) is 16.2. The Morgan fingerprint density at radius 1 is 1.35 bits per heavy atom. The van der Waals surface area contributed by atoms with Crippen molar-refractivity contribution >= 4 is 32.9 Å². The number of anilines is 1. The topological polar surface area (TPSA) is 96.3 Å². The van der Waals surface area contributed by atoms with Crippen LogP contribution in [0.15, 0.2) is 33.7 Å². The van der Waals surface area contributed by atoms with E-state index in [9.17, 15) is 9.90 Å². The van der Waals surface area contributed by atoms with Gasteiger partial charge >= 0.3 is 0 Å². The molecule has 0 saturated carbocycles. The van der Waals surface area contributed by atoms with E-state index in [1.54, 1.807) is 17.8 Å². The fourth-order valence-corrected chi connectivity index (χ4v) is 3.40. The predicted molar refractivity (Wildman–Crippen MR) is 101 cm³/mol. The number of benzene rings is 1. The van der Waals surface area contributed by atoms with Crippen molar-refractivity contribution in [2.24, 2.45) is 0 Å². The molecule has 3 aromatic rings. The van der Waals surface area contributed by atoms with Gasteiger partial charge in [-0.1, -0.05) is 15.9 Å². The van der Waals surface area contributed by atoms with Gasteiger partial charge in [0.05, 0.1) is 25.0 Å². The summed E-state index contributed by atoms with van der Waals surface area (Å²) in [5.41, 5.74) is 1.54. The largest absolute Gasteiger partial charge is 0.389 e. The lowest BCUT2D eigenvalue weighted by Gasteiger charge is -2.26. The zero-order valence-corrected chi connectivity index (χ0v) is 15.7. The molecule has 0 spiro atoms. The van der Waals surface area contributed by atoms with Crippen molar-refractivity contribution in [1.82, 2.24) is 19.7 Å². The molecule has 136 valence electrons. The molecule has 0 radical (unpaired) electrons. The Morgan fingerprint density at radius 3 is 2.85 bits per heavy atom. The molecule has 1 atom stereocenters. The van der Waals surface area contributed by atoms with Crippen LogP contribution in [0.3, 0.4) is 0 Å². The fourth-order valence-electron chi connectivity index (χ4n) is 3.02. The molecule has 2 aromatic heterocycles. The van der Waals surface area contributed by atoms with Crippen LogP contribution < -0.4 is 10.5 Å². The van der Waals surface area contributed by atoms with Gasteiger partial charge in [0.15, 0.2) is 5.65 Å². The van der Waals surface area contributed by atoms with Crippen LogP contribution in [-0.4, -0.2) is 51.2 Å². The summed E-state index contributed by atoms with van der Waals surface area (Å²) in [5.74, 6) is 0.502. The summed E-state index contributed by atoms with van der Waals surface area (Å²) in [6, 6.07) is 5.54. The Kier molecular flexibility index (Phi) is 4.51. The third-order valence-electron chi connectivity index (χ3n) is 4.37. The number of aromatic amines is 1. The van der Waals surface area contributed by atoms with Crippen LogP contribution in [0.4, 0.5) is 5.95 Å². The summed E-state index contributed by atoms with van der Waals surface area (Å²) in [6.07, 6.45) is 0.962. The number of H-pyrrole nitrogens is 1. The van der Waals surface area contributed by atoms with Gasteiger partial charge in [-0.15, -0.1) is 5.10 Å². The van der Waals surface area contributed by atoms with Crippen molar-refractivity contribution in [3.05, 3.63) is 44.8 Å². The van der Waals surface area contributed by atoms with Crippen molar-refractivity contribution in [2.75, 3.05) is 31.2 Å². The molecule has 0 bridgehead atoms. The molecule has 1 aromatic carbocycles. The minimum Gasteiger partial charge on any atom is -0.389 e. The molecule has 1 unspecified atom stereocenters. The maximum Gasteiger partial charge on any atom is 0.263 e. The number of aromatic nitrogens is 4. The lowest BCUT2D eigenvalue weighted by Crippen LogP contribution is -2.38. The molecule has 4 rings (SSSR count). The molecular formula is C17H18BrN5O3. The van der Waals surface area contributed by atoms with E-state index in [0.717, 1.165) is 4.47 Å². The molecule has 1 aliphatic heterocycles. The first kappa shape index (κ1) is 17.2. The molecular weight excluding hydrogens is 402 g/mol. The first-order valence-electron chi connectivity index (χ1n) is 8.33. The molecule has 1 aliphatic rings. The van der Waals surface area contributed by atoms with Crippen LogP contribution in [0.1, 0.15) is 18.6 Å². The van der Waals surface area contributed by atoms with E-state index < -0.39 is 6.10 Å². The van der Waals surface area contributed by atoms with Crippen LogP contribution in [-0.2, 0) is 4.74 Å². The van der Waals surface area contributed by atoms with Crippen molar-refractivity contribution in [2.45, 2.75) is 13.0 Å². The van der Waals surface area contributed by atoms with Crippen LogP contribution in [0, 0.1) is 0 Å². The molecule has 1 saturated heterocycles. The highest BCUT2D eigenvalue weighted by atomic mass is 79.9. The summed E-state index contributed by atoms with van der Waals surface area (Å²) in [6.45, 7) is 4.25. The Hall–Kier alpha value is -2.23. The molecule has 2 N–H and O–H groups in total. The second kappa shape index (κ2) is 6.82. The van der Waals surface area contributed by atoms with Crippen molar-refractivity contribution in [3.8, 4) is 5.69 Å². The molecule has 0 aliphatic carbocycles. The third-order valence-corrected chi connectivity index (χ3v) is 4.87. The van der Waals surface area contributed by atoms with Gasteiger partial charge in [0.2, 0.25) is 5.95 Å². The Bertz CT molecular complexity index is 1010. The summed E-state index contributed by atoms with van der Waals surface area (Å²) in [4.78, 5) is 21.8. The number of fused-ring (bicyclic) bond motifs is 1. The van der Waals surface area contributed by atoms with Crippen LogP contribution >= 0.6 is 15.9 Å². The van der Waals surface area contributed by atoms with Gasteiger partial charge in [-0.3, -0.25) is 9.78 Å². The zero-order valence-electron chi connectivity index (χ0n) is 14.1. The van der Waals surface area contributed by atoms with E-state index in [1.807, 2.05) is 23.1 Å². The van der Waals surface area contributed by atoms with E-state index in [-0.39, 0.29) is 5.56 Å². The smallest absolute Gasteiger partial charge is 0.263 e. The van der Waals surface area contributed by atoms with Gasteiger partial charge in [-0.2, -0.15) is 4.98 Å². The lowest BCUT2D eigenvalue weighted by atomic mass is 10.1. The Labute approximate surface area is 157 Å². The monoisotopic (exact) mass is 419 g/mol. The van der Waals surface area contributed by atoms with Gasteiger partial charge in [0.25, 0.3) is 5.56 Å². The zero-order chi connectivity index (χ0) is 18.3. The van der Waals surface area contributed by atoms with E-state index in [2.05, 4.69) is 31.0 Å².